The van der Waals surface area contributed by atoms with Crippen molar-refractivity contribution in [2.45, 2.75) is 6.54 Å². The first-order valence-electron chi connectivity index (χ1n) is 3.27. The van der Waals surface area contributed by atoms with Crippen molar-refractivity contribution in [2.75, 3.05) is 0 Å². The zero-order chi connectivity index (χ0) is 9.14. The summed E-state index contributed by atoms with van der Waals surface area (Å²) in [7, 11) is 0. The summed E-state index contributed by atoms with van der Waals surface area (Å²) >= 11 is 9.07. The largest absolute Gasteiger partial charge is 0.326 e. The van der Waals surface area contributed by atoms with Gasteiger partial charge in [0.15, 0.2) is 0 Å². The van der Waals surface area contributed by atoms with E-state index in [0.29, 0.717) is 17.1 Å². The lowest BCUT2D eigenvalue weighted by molar-refractivity contribution is 1.05. The number of hydrogen-bond donors (Lipinski definition) is 1. The molecule has 4 heteroatoms. The number of nitrogens with two attached hydrogens (primary N) is 1. The summed E-state index contributed by atoms with van der Waals surface area (Å²) in [5.41, 5.74) is 6.66. The molecule has 0 spiro atoms. The van der Waals surface area contributed by atoms with E-state index < -0.39 is 0 Å². The highest BCUT2D eigenvalue weighted by Crippen LogP contribution is 2.26. The van der Waals surface area contributed by atoms with E-state index in [1.165, 1.54) is 0 Å². The zero-order valence-electron chi connectivity index (χ0n) is 6.14. The molecule has 1 aromatic carbocycles. The molecule has 0 aromatic heterocycles. The molecule has 1 aromatic rings. The molecule has 0 fully saturated rings. The van der Waals surface area contributed by atoms with Crippen molar-refractivity contribution in [2.24, 2.45) is 5.73 Å². The molecule has 0 heterocycles. The van der Waals surface area contributed by atoms with Crippen LogP contribution in [0.15, 0.2) is 16.6 Å². The van der Waals surface area contributed by atoms with E-state index in [1.54, 1.807) is 12.1 Å². The molecule has 0 radical (unpaired) electrons. The molecular formula is C8H6BrClN2. The Morgan fingerprint density at radius 3 is 2.67 bits per heavy atom. The van der Waals surface area contributed by atoms with Crippen molar-refractivity contribution in [3.8, 4) is 6.07 Å². The lowest BCUT2D eigenvalue weighted by Gasteiger charge is -2.04. The minimum absolute atomic E-state index is 0.310. The Bertz CT molecular complexity index is 344. The first-order chi connectivity index (χ1) is 5.70. The monoisotopic (exact) mass is 244 g/mol. The predicted molar refractivity (Wildman–Crippen MR) is 51.8 cm³/mol. The first kappa shape index (κ1) is 9.53. The van der Waals surface area contributed by atoms with Crippen molar-refractivity contribution < 1.29 is 0 Å². The Morgan fingerprint density at radius 2 is 2.25 bits per heavy atom. The predicted octanol–water partition coefficient (Wildman–Crippen LogP) is 2.43. The quantitative estimate of drug-likeness (QED) is 0.826. The SMILES string of the molecule is N#Cc1c(Cl)ccc(Br)c1CN. The number of hydrogen-bond acceptors (Lipinski definition) is 2. The number of nitriles is 1. The van der Waals surface area contributed by atoms with Crippen LogP contribution in [0.3, 0.4) is 0 Å². The van der Waals surface area contributed by atoms with Crippen LogP contribution < -0.4 is 5.73 Å². The highest BCUT2D eigenvalue weighted by Gasteiger charge is 2.08. The normalized spacial score (nSPS) is 9.50. The van der Waals surface area contributed by atoms with Crippen LogP contribution in [-0.2, 0) is 6.54 Å². The van der Waals surface area contributed by atoms with E-state index >= 15 is 0 Å². The van der Waals surface area contributed by atoms with Crippen LogP contribution in [0.2, 0.25) is 5.02 Å². The molecule has 62 valence electrons. The number of halogens is 2. The van der Waals surface area contributed by atoms with E-state index in [2.05, 4.69) is 15.9 Å². The van der Waals surface area contributed by atoms with Gasteiger partial charge in [-0.2, -0.15) is 5.26 Å². The second-order valence-corrected chi connectivity index (χ2v) is 3.46. The maximum atomic E-state index is 8.74. The van der Waals surface area contributed by atoms with Gasteiger partial charge in [0.25, 0.3) is 0 Å². The minimum atomic E-state index is 0.310. The average Bonchev–Trinajstić information content (AvgIpc) is 2.08. The molecule has 0 aliphatic rings. The second kappa shape index (κ2) is 3.90. The Hall–Kier alpha value is -0.560. The fourth-order valence-electron chi connectivity index (χ4n) is 0.914. The summed E-state index contributed by atoms with van der Waals surface area (Å²) in [6.07, 6.45) is 0. The molecule has 0 atom stereocenters. The Balaban J connectivity index is 3.41. The molecule has 0 aliphatic carbocycles. The number of rotatable bonds is 1. The van der Waals surface area contributed by atoms with Crippen molar-refractivity contribution in [3.63, 3.8) is 0 Å². The smallest absolute Gasteiger partial charge is 0.101 e. The van der Waals surface area contributed by atoms with Gasteiger partial charge in [-0.3, -0.25) is 0 Å². The summed E-state index contributed by atoms with van der Waals surface area (Å²) in [6.45, 7) is 0.310. The minimum Gasteiger partial charge on any atom is -0.326 e. The average molecular weight is 246 g/mol. The van der Waals surface area contributed by atoms with Gasteiger partial charge in [-0.15, -0.1) is 0 Å². The maximum absolute atomic E-state index is 8.74. The van der Waals surface area contributed by atoms with Gasteiger partial charge >= 0.3 is 0 Å². The lowest BCUT2D eigenvalue weighted by atomic mass is 10.1. The highest BCUT2D eigenvalue weighted by atomic mass is 79.9. The first-order valence-corrected chi connectivity index (χ1v) is 4.45. The van der Waals surface area contributed by atoms with E-state index in [-0.39, 0.29) is 0 Å². The molecule has 0 saturated carbocycles. The Labute approximate surface area is 84.1 Å². The van der Waals surface area contributed by atoms with Crippen LogP contribution in [0, 0.1) is 11.3 Å². The van der Waals surface area contributed by atoms with Gasteiger partial charge in [0.05, 0.1) is 10.6 Å². The molecule has 0 unspecified atom stereocenters. The summed E-state index contributed by atoms with van der Waals surface area (Å²) in [5.74, 6) is 0. The van der Waals surface area contributed by atoms with Crippen LogP contribution in [0.25, 0.3) is 0 Å². The van der Waals surface area contributed by atoms with Gasteiger partial charge in [0, 0.05) is 11.0 Å². The van der Waals surface area contributed by atoms with Crippen LogP contribution in [-0.4, -0.2) is 0 Å². The van der Waals surface area contributed by atoms with Crippen LogP contribution in [0.1, 0.15) is 11.1 Å². The van der Waals surface area contributed by atoms with E-state index in [9.17, 15) is 0 Å². The number of nitrogens with zero attached hydrogens (tertiary/aromatic N) is 1. The molecule has 12 heavy (non-hydrogen) atoms. The molecule has 0 aliphatic heterocycles. The third-order valence-electron chi connectivity index (χ3n) is 1.52. The topological polar surface area (TPSA) is 49.8 Å². The summed E-state index contributed by atoms with van der Waals surface area (Å²) in [6, 6.07) is 5.47. The van der Waals surface area contributed by atoms with E-state index in [4.69, 9.17) is 22.6 Å². The van der Waals surface area contributed by atoms with Gasteiger partial charge in [-0.25, -0.2) is 0 Å². The summed E-state index contributed by atoms with van der Waals surface area (Å²) < 4.78 is 0.825. The van der Waals surface area contributed by atoms with E-state index in [0.717, 1.165) is 10.0 Å². The van der Waals surface area contributed by atoms with Gasteiger partial charge in [-0.1, -0.05) is 27.5 Å². The lowest BCUT2D eigenvalue weighted by Crippen LogP contribution is -2.01. The third kappa shape index (κ3) is 1.61. The van der Waals surface area contributed by atoms with Crippen LogP contribution in [0.5, 0.6) is 0 Å². The highest BCUT2D eigenvalue weighted by molar-refractivity contribution is 9.10. The molecule has 0 saturated heterocycles. The van der Waals surface area contributed by atoms with Crippen molar-refractivity contribution in [3.05, 3.63) is 32.8 Å². The molecule has 1 rings (SSSR count). The van der Waals surface area contributed by atoms with Crippen molar-refractivity contribution in [1.82, 2.24) is 0 Å². The third-order valence-corrected chi connectivity index (χ3v) is 2.58. The van der Waals surface area contributed by atoms with Crippen molar-refractivity contribution in [1.29, 1.82) is 5.26 Å². The molecule has 0 amide bonds. The van der Waals surface area contributed by atoms with Gasteiger partial charge in [0.2, 0.25) is 0 Å². The van der Waals surface area contributed by atoms with Crippen molar-refractivity contribution >= 4 is 27.5 Å². The summed E-state index contributed by atoms with van der Waals surface area (Å²) in [4.78, 5) is 0. The zero-order valence-corrected chi connectivity index (χ0v) is 8.48. The van der Waals surface area contributed by atoms with Gasteiger partial charge < -0.3 is 5.73 Å². The molecule has 0 bridgehead atoms. The molecule has 2 nitrogen and oxygen atoms in total. The number of benzene rings is 1. The van der Waals surface area contributed by atoms with Crippen LogP contribution >= 0.6 is 27.5 Å². The fourth-order valence-corrected chi connectivity index (χ4v) is 1.63. The Kier molecular flexibility index (Phi) is 3.10. The van der Waals surface area contributed by atoms with Crippen LogP contribution in [0.4, 0.5) is 0 Å². The fraction of sp³-hybridized carbons (Fsp3) is 0.125. The van der Waals surface area contributed by atoms with E-state index in [1.807, 2.05) is 6.07 Å². The summed E-state index contributed by atoms with van der Waals surface area (Å²) in [5, 5.41) is 9.19. The Morgan fingerprint density at radius 1 is 1.58 bits per heavy atom. The molecular weight excluding hydrogens is 239 g/mol. The van der Waals surface area contributed by atoms with Gasteiger partial charge in [0.1, 0.15) is 6.07 Å². The maximum Gasteiger partial charge on any atom is 0.101 e. The molecule has 2 N–H and O–H groups in total. The van der Waals surface area contributed by atoms with Gasteiger partial charge in [-0.05, 0) is 17.7 Å². The second-order valence-electron chi connectivity index (χ2n) is 2.20. The standard InChI is InChI=1S/C8H6BrClN2/c9-7-1-2-8(10)6(4-12)5(7)3-11/h1-2H,3,11H2.